The summed E-state index contributed by atoms with van der Waals surface area (Å²) in [5, 5.41) is 6.23. The SMILES string of the molecule is CC(C)CCCCNC(=O)C1CCNC1. The van der Waals surface area contributed by atoms with Crippen molar-refractivity contribution < 1.29 is 4.79 Å². The molecule has 0 radical (unpaired) electrons. The molecule has 1 rings (SSSR count). The van der Waals surface area contributed by atoms with Gasteiger partial charge in [-0.05, 0) is 25.3 Å². The van der Waals surface area contributed by atoms with Crippen LogP contribution in [0.25, 0.3) is 0 Å². The van der Waals surface area contributed by atoms with Gasteiger partial charge in [0.1, 0.15) is 0 Å². The molecule has 88 valence electrons. The van der Waals surface area contributed by atoms with E-state index in [1.807, 2.05) is 0 Å². The van der Waals surface area contributed by atoms with Crippen molar-refractivity contribution in [3.05, 3.63) is 0 Å². The van der Waals surface area contributed by atoms with E-state index in [4.69, 9.17) is 0 Å². The van der Waals surface area contributed by atoms with Gasteiger partial charge in [0.15, 0.2) is 0 Å². The van der Waals surface area contributed by atoms with Crippen molar-refractivity contribution in [2.45, 2.75) is 39.5 Å². The maximum absolute atomic E-state index is 11.6. The monoisotopic (exact) mass is 212 g/mol. The summed E-state index contributed by atoms with van der Waals surface area (Å²) in [6, 6.07) is 0. The van der Waals surface area contributed by atoms with E-state index in [9.17, 15) is 4.79 Å². The first-order valence-corrected chi connectivity index (χ1v) is 6.18. The van der Waals surface area contributed by atoms with Gasteiger partial charge in [-0.2, -0.15) is 0 Å². The summed E-state index contributed by atoms with van der Waals surface area (Å²) in [4.78, 5) is 11.6. The van der Waals surface area contributed by atoms with E-state index in [1.165, 1.54) is 12.8 Å². The lowest BCUT2D eigenvalue weighted by Gasteiger charge is -2.10. The van der Waals surface area contributed by atoms with Gasteiger partial charge in [0.05, 0.1) is 5.92 Å². The van der Waals surface area contributed by atoms with Gasteiger partial charge in [-0.15, -0.1) is 0 Å². The summed E-state index contributed by atoms with van der Waals surface area (Å²) in [6.45, 7) is 7.18. The molecule has 2 N–H and O–H groups in total. The lowest BCUT2D eigenvalue weighted by atomic mass is 10.1. The van der Waals surface area contributed by atoms with Crippen LogP contribution in [0.1, 0.15) is 39.5 Å². The summed E-state index contributed by atoms with van der Waals surface area (Å²) in [5.74, 6) is 1.24. The first kappa shape index (κ1) is 12.5. The summed E-state index contributed by atoms with van der Waals surface area (Å²) >= 11 is 0. The van der Waals surface area contributed by atoms with Crippen LogP contribution in [0.15, 0.2) is 0 Å². The number of hydrogen-bond donors (Lipinski definition) is 2. The van der Waals surface area contributed by atoms with Crippen molar-refractivity contribution in [3.63, 3.8) is 0 Å². The highest BCUT2D eigenvalue weighted by Crippen LogP contribution is 2.08. The topological polar surface area (TPSA) is 41.1 Å². The number of rotatable bonds is 6. The molecule has 0 aliphatic carbocycles. The van der Waals surface area contributed by atoms with Gasteiger partial charge in [-0.25, -0.2) is 0 Å². The number of nitrogens with one attached hydrogen (secondary N) is 2. The Morgan fingerprint density at radius 2 is 2.27 bits per heavy atom. The van der Waals surface area contributed by atoms with E-state index in [2.05, 4.69) is 24.5 Å². The van der Waals surface area contributed by atoms with Crippen molar-refractivity contribution in [1.29, 1.82) is 0 Å². The lowest BCUT2D eigenvalue weighted by Crippen LogP contribution is -2.32. The van der Waals surface area contributed by atoms with Gasteiger partial charge in [-0.3, -0.25) is 4.79 Å². The maximum Gasteiger partial charge on any atom is 0.224 e. The second-order valence-electron chi connectivity index (χ2n) is 4.87. The third kappa shape index (κ3) is 5.17. The Hall–Kier alpha value is -0.570. The van der Waals surface area contributed by atoms with Crippen LogP contribution in [-0.4, -0.2) is 25.5 Å². The Kier molecular flexibility index (Phi) is 5.69. The standard InChI is InChI=1S/C12H24N2O/c1-10(2)5-3-4-7-14-12(15)11-6-8-13-9-11/h10-11,13H,3-9H2,1-2H3,(H,14,15). The molecule has 0 bridgehead atoms. The molecule has 3 heteroatoms. The Morgan fingerprint density at radius 1 is 1.47 bits per heavy atom. The van der Waals surface area contributed by atoms with Crippen molar-refractivity contribution in [2.75, 3.05) is 19.6 Å². The minimum absolute atomic E-state index is 0.218. The first-order valence-electron chi connectivity index (χ1n) is 6.18. The number of carbonyl (C=O) groups excluding carboxylic acids is 1. The molecule has 0 aromatic carbocycles. The predicted molar refractivity (Wildman–Crippen MR) is 62.7 cm³/mol. The summed E-state index contributed by atoms with van der Waals surface area (Å²) in [5.41, 5.74) is 0. The smallest absolute Gasteiger partial charge is 0.224 e. The van der Waals surface area contributed by atoms with Crippen LogP contribution in [0.3, 0.4) is 0 Å². The first-order chi connectivity index (χ1) is 7.20. The van der Waals surface area contributed by atoms with Crippen LogP contribution in [-0.2, 0) is 4.79 Å². The third-order valence-corrected chi connectivity index (χ3v) is 2.94. The highest BCUT2D eigenvalue weighted by Gasteiger charge is 2.21. The molecule has 1 aliphatic rings. The molecule has 1 aliphatic heterocycles. The average molecular weight is 212 g/mol. The number of carbonyl (C=O) groups is 1. The molecule has 1 heterocycles. The van der Waals surface area contributed by atoms with Crippen LogP contribution < -0.4 is 10.6 Å². The molecule has 1 unspecified atom stereocenters. The van der Waals surface area contributed by atoms with Gasteiger partial charge in [0, 0.05) is 13.1 Å². The average Bonchev–Trinajstić information content (AvgIpc) is 2.69. The van der Waals surface area contributed by atoms with Crippen molar-refractivity contribution in [3.8, 4) is 0 Å². The van der Waals surface area contributed by atoms with Crippen LogP contribution in [0.2, 0.25) is 0 Å². The van der Waals surface area contributed by atoms with Crippen molar-refractivity contribution >= 4 is 5.91 Å². The van der Waals surface area contributed by atoms with Crippen LogP contribution in [0.4, 0.5) is 0 Å². The third-order valence-electron chi connectivity index (χ3n) is 2.94. The Bertz CT molecular complexity index is 186. The molecule has 1 atom stereocenters. The fraction of sp³-hybridized carbons (Fsp3) is 0.917. The molecule has 3 nitrogen and oxygen atoms in total. The van der Waals surface area contributed by atoms with Crippen molar-refractivity contribution in [1.82, 2.24) is 10.6 Å². The molecule has 1 saturated heterocycles. The Balaban J connectivity index is 1.97. The second-order valence-corrected chi connectivity index (χ2v) is 4.87. The Morgan fingerprint density at radius 3 is 2.87 bits per heavy atom. The zero-order valence-electron chi connectivity index (χ0n) is 10.0. The highest BCUT2D eigenvalue weighted by molar-refractivity contribution is 5.79. The number of unbranched alkanes of at least 4 members (excludes halogenated alkanes) is 1. The van der Waals surface area contributed by atoms with E-state index < -0.39 is 0 Å². The van der Waals surface area contributed by atoms with Crippen LogP contribution in [0.5, 0.6) is 0 Å². The molecule has 1 fully saturated rings. The normalized spacial score (nSPS) is 20.9. The number of amides is 1. The summed E-state index contributed by atoms with van der Waals surface area (Å²) < 4.78 is 0. The number of hydrogen-bond acceptors (Lipinski definition) is 2. The predicted octanol–water partition coefficient (Wildman–Crippen LogP) is 1.54. The molecule has 15 heavy (non-hydrogen) atoms. The highest BCUT2D eigenvalue weighted by atomic mass is 16.1. The molecular weight excluding hydrogens is 188 g/mol. The van der Waals surface area contributed by atoms with Gasteiger partial charge in [-0.1, -0.05) is 26.7 Å². The van der Waals surface area contributed by atoms with E-state index >= 15 is 0 Å². The largest absolute Gasteiger partial charge is 0.356 e. The minimum Gasteiger partial charge on any atom is -0.356 e. The summed E-state index contributed by atoms with van der Waals surface area (Å²) in [6.07, 6.45) is 4.60. The molecular formula is C12H24N2O. The van der Waals surface area contributed by atoms with Gasteiger partial charge in [0.25, 0.3) is 0 Å². The van der Waals surface area contributed by atoms with Gasteiger partial charge >= 0.3 is 0 Å². The lowest BCUT2D eigenvalue weighted by molar-refractivity contribution is -0.124. The molecule has 0 aromatic rings. The maximum atomic E-state index is 11.6. The molecule has 0 spiro atoms. The fourth-order valence-electron chi connectivity index (χ4n) is 1.91. The van der Waals surface area contributed by atoms with E-state index in [-0.39, 0.29) is 11.8 Å². The van der Waals surface area contributed by atoms with E-state index in [0.29, 0.717) is 0 Å². The quantitative estimate of drug-likeness (QED) is 0.656. The molecule has 0 saturated carbocycles. The van der Waals surface area contributed by atoms with Crippen LogP contribution >= 0.6 is 0 Å². The summed E-state index contributed by atoms with van der Waals surface area (Å²) in [7, 11) is 0. The zero-order valence-corrected chi connectivity index (χ0v) is 10.0. The Labute approximate surface area is 93.0 Å². The molecule has 1 amide bonds. The zero-order chi connectivity index (χ0) is 11.1. The molecule has 0 aromatic heterocycles. The minimum atomic E-state index is 0.218. The fourth-order valence-corrected chi connectivity index (χ4v) is 1.91. The van der Waals surface area contributed by atoms with Gasteiger partial charge < -0.3 is 10.6 Å². The van der Waals surface area contributed by atoms with E-state index in [0.717, 1.165) is 38.4 Å². The van der Waals surface area contributed by atoms with E-state index in [1.54, 1.807) is 0 Å². The van der Waals surface area contributed by atoms with Crippen LogP contribution in [0, 0.1) is 11.8 Å². The van der Waals surface area contributed by atoms with Crippen molar-refractivity contribution in [2.24, 2.45) is 11.8 Å². The second kappa shape index (κ2) is 6.83. The van der Waals surface area contributed by atoms with Gasteiger partial charge in [0.2, 0.25) is 5.91 Å².